The first-order valence-corrected chi connectivity index (χ1v) is 14.7. The highest BCUT2D eigenvalue weighted by Gasteiger charge is 2.20. The molecule has 0 aliphatic carbocycles. The number of likely N-dealkylation sites (tertiary alicyclic amines) is 1. The van der Waals surface area contributed by atoms with Gasteiger partial charge in [0.25, 0.3) is 5.91 Å². The van der Waals surface area contributed by atoms with E-state index < -0.39 is 0 Å². The molecular weight excluding hydrogens is 484 g/mol. The van der Waals surface area contributed by atoms with E-state index in [0.717, 1.165) is 79.2 Å². The predicted octanol–water partition coefficient (Wildman–Crippen LogP) is 7.04. The molecule has 0 saturated carbocycles. The molecule has 39 heavy (non-hydrogen) atoms. The Morgan fingerprint density at radius 1 is 1.03 bits per heavy atom. The third-order valence-electron chi connectivity index (χ3n) is 7.60. The molecule has 0 N–H and O–H groups in total. The lowest BCUT2D eigenvalue weighted by Gasteiger charge is -2.25. The van der Waals surface area contributed by atoms with Gasteiger partial charge in [-0.3, -0.25) is 9.69 Å². The monoisotopic (exact) mass is 530 g/mol. The highest BCUT2D eigenvalue weighted by atomic mass is 16.5. The van der Waals surface area contributed by atoms with Crippen molar-refractivity contribution in [1.82, 2.24) is 19.4 Å². The average Bonchev–Trinajstić information content (AvgIpc) is 3.31. The molecule has 6 nitrogen and oxygen atoms in total. The molecule has 1 amide bonds. The average molecular weight is 531 g/mol. The first-order chi connectivity index (χ1) is 18.9. The van der Waals surface area contributed by atoms with Crippen LogP contribution in [0.4, 0.5) is 0 Å². The van der Waals surface area contributed by atoms with E-state index >= 15 is 0 Å². The van der Waals surface area contributed by atoms with Gasteiger partial charge in [-0.25, -0.2) is 4.52 Å². The second-order valence-corrected chi connectivity index (χ2v) is 11.7. The summed E-state index contributed by atoms with van der Waals surface area (Å²) < 4.78 is 7.40. The van der Waals surface area contributed by atoms with Crippen LogP contribution in [0.2, 0.25) is 0 Å². The highest BCUT2D eigenvalue weighted by Crippen LogP contribution is 2.30. The number of benzene rings is 1. The summed E-state index contributed by atoms with van der Waals surface area (Å²) in [7, 11) is 1.68. The van der Waals surface area contributed by atoms with Gasteiger partial charge in [0.2, 0.25) is 0 Å². The number of hydrogen-bond acceptors (Lipinski definition) is 4. The van der Waals surface area contributed by atoms with Gasteiger partial charge < -0.3 is 9.64 Å². The minimum absolute atomic E-state index is 0.103. The van der Waals surface area contributed by atoms with Crippen LogP contribution < -0.4 is 4.74 Å². The zero-order valence-corrected chi connectivity index (χ0v) is 24.5. The summed E-state index contributed by atoms with van der Waals surface area (Å²) in [6, 6.07) is 12.0. The summed E-state index contributed by atoms with van der Waals surface area (Å²) in [4.78, 5) is 18.3. The third-order valence-corrected chi connectivity index (χ3v) is 7.60. The largest absolute Gasteiger partial charge is 0.497 e. The van der Waals surface area contributed by atoms with Crippen molar-refractivity contribution in [3.05, 3.63) is 59.8 Å². The van der Waals surface area contributed by atoms with Crippen LogP contribution in [-0.4, -0.2) is 65.2 Å². The van der Waals surface area contributed by atoms with Crippen LogP contribution in [0.3, 0.4) is 0 Å². The van der Waals surface area contributed by atoms with E-state index in [1.807, 2.05) is 45.9 Å². The number of piperidine rings is 1. The number of ether oxygens (including phenoxy) is 1. The van der Waals surface area contributed by atoms with Crippen LogP contribution in [0, 0.1) is 11.8 Å². The number of rotatable bonds is 12. The first kappa shape index (κ1) is 28.9. The molecule has 0 spiro atoms. The van der Waals surface area contributed by atoms with Crippen molar-refractivity contribution in [3.8, 4) is 17.0 Å². The van der Waals surface area contributed by atoms with Crippen LogP contribution in [0.15, 0.2) is 48.7 Å². The molecule has 0 unspecified atom stereocenters. The maximum atomic E-state index is 13.8. The summed E-state index contributed by atoms with van der Waals surface area (Å²) in [6.07, 6.45) is 12.2. The molecule has 1 saturated heterocycles. The van der Waals surface area contributed by atoms with Gasteiger partial charge >= 0.3 is 0 Å². The second kappa shape index (κ2) is 13.8. The van der Waals surface area contributed by atoms with E-state index in [9.17, 15) is 4.79 Å². The number of methoxy groups -OCH3 is 1. The fraction of sp³-hybridized carbons (Fsp3) is 0.515. The van der Waals surface area contributed by atoms with Gasteiger partial charge in [-0.15, -0.1) is 0 Å². The Hall–Kier alpha value is -3.12. The lowest BCUT2D eigenvalue weighted by molar-refractivity contribution is 0.0741. The fourth-order valence-electron chi connectivity index (χ4n) is 5.13. The van der Waals surface area contributed by atoms with Gasteiger partial charge in [0.1, 0.15) is 11.4 Å². The molecule has 0 radical (unpaired) electrons. The zero-order chi connectivity index (χ0) is 27.8. The number of hydrogen-bond donors (Lipinski definition) is 0. The molecule has 0 bridgehead atoms. The number of carbonyl (C=O) groups excluding carboxylic acids is 1. The SMILES string of the molecule is COc1cccc(-c2nn3ccc(C(=O)N(CCC(C)C)CCC(C)C)cc3c2/C=C/CN2CCCCC2)c1. The minimum atomic E-state index is 0.103. The van der Waals surface area contributed by atoms with Gasteiger partial charge in [0, 0.05) is 42.5 Å². The zero-order valence-electron chi connectivity index (χ0n) is 24.5. The first-order valence-electron chi connectivity index (χ1n) is 14.7. The molecule has 1 aromatic carbocycles. The fourth-order valence-corrected chi connectivity index (χ4v) is 5.13. The van der Waals surface area contributed by atoms with E-state index in [4.69, 9.17) is 9.84 Å². The molecule has 210 valence electrons. The van der Waals surface area contributed by atoms with Gasteiger partial charge in [0.15, 0.2) is 0 Å². The van der Waals surface area contributed by atoms with Gasteiger partial charge in [-0.2, -0.15) is 5.10 Å². The Morgan fingerprint density at radius 2 is 1.74 bits per heavy atom. The van der Waals surface area contributed by atoms with Gasteiger partial charge in [-0.05, 0) is 74.9 Å². The molecule has 1 aliphatic heterocycles. The Bertz CT molecular complexity index is 1240. The van der Waals surface area contributed by atoms with E-state index in [1.54, 1.807) is 7.11 Å². The van der Waals surface area contributed by atoms with Crippen LogP contribution in [0.1, 0.15) is 75.7 Å². The molecule has 6 heteroatoms. The van der Waals surface area contributed by atoms with Crippen LogP contribution in [0.5, 0.6) is 5.75 Å². The minimum Gasteiger partial charge on any atom is -0.497 e. The number of pyridine rings is 1. The Kier molecular flexibility index (Phi) is 10.2. The lowest BCUT2D eigenvalue weighted by atomic mass is 10.0. The number of amides is 1. The summed E-state index contributed by atoms with van der Waals surface area (Å²) >= 11 is 0. The number of aromatic nitrogens is 2. The van der Waals surface area contributed by atoms with Crippen molar-refractivity contribution in [2.24, 2.45) is 11.8 Å². The Balaban J connectivity index is 1.70. The normalized spacial score (nSPS) is 14.6. The quantitative estimate of drug-likeness (QED) is 0.252. The van der Waals surface area contributed by atoms with E-state index in [-0.39, 0.29) is 5.91 Å². The maximum Gasteiger partial charge on any atom is 0.253 e. The van der Waals surface area contributed by atoms with Crippen molar-refractivity contribution < 1.29 is 9.53 Å². The van der Waals surface area contributed by atoms with E-state index in [1.165, 1.54) is 19.3 Å². The molecule has 3 aromatic rings. The standard InChI is InChI=1S/C33H46N4O2/c1-25(2)14-20-36(21-15-26(3)4)33(38)28-16-22-37-31(24-28)30(13-10-19-35-17-7-6-8-18-35)32(34-37)27-11-9-12-29(23-27)39-5/h9-13,16,22-26H,6-8,14-15,17-21H2,1-5H3/b13-10+. The second-order valence-electron chi connectivity index (χ2n) is 11.7. The van der Waals surface area contributed by atoms with E-state index in [2.05, 4.69) is 50.8 Å². The Labute approximate surface area is 234 Å². The lowest BCUT2D eigenvalue weighted by Crippen LogP contribution is -2.34. The molecule has 2 aromatic heterocycles. The molecule has 3 heterocycles. The summed E-state index contributed by atoms with van der Waals surface area (Å²) in [6.45, 7) is 13.7. The smallest absolute Gasteiger partial charge is 0.253 e. The van der Waals surface area contributed by atoms with Crippen molar-refractivity contribution >= 4 is 17.5 Å². The topological polar surface area (TPSA) is 50.1 Å². The van der Waals surface area contributed by atoms with Crippen molar-refractivity contribution in [1.29, 1.82) is 0 Å². The predicted molar refractivity (Wildman–Crippen MR) is 161 cm³/mol. The highest BCUT2D eigenvalue weighted by molar-refractivity contribution is 5.96. The van der Waals surface area contributed by atoms with Crippen LogP contribution in [-0.2, 0) is 0 Å². The van der Waals surface area contributed by atoms with Crippen molar-refractivity contribution in [3.63, 3.8) is 0 Å². The summed E-state index contributed by atoms with van der Waals surface area (Å²) in [5.41, 5.74) is 4.59. The molecular formula is C33H46N4O2. The molecule has 0 atom stereocenters. The van der Waals surface area contributed by atoms with Gasteiger partial charge in [-0.1, -0.05) is 58.4 Å². The molecule has 1 fully saturated rings. The number of carbonyl (C=O) groups is 1. The third kappa shape index (κ3) is 7.72. The van der Waals surface area contributed by atoms with E-state index in [0.29, 0.717) is 11.8 Å². The Morgan fingerprint density at radius 3 is 2.41 bits per heavy atom. The maximum absolute atomic E-state index is 13.8. The van der Waals surface area contributed by atoms with Crippen molar-refractivity contribution in [2.45, 2.75) is 59.8 Å². The molecule has 1 aliphatic rings. The van der Waals surface area contributed by atoms with Crippen LogP contribution in [0.25, 0.3) is 22.9 Å². The van der Waals surface area contributed by atoms with Gasteiger partial charge in [0.05, 0.1) is 12.6 Å². The summed E-state index contributed by atoms with van der Waals surface area (Å²) in [5.74, 6) is 2.01. The number of fused-ring (bicyclic) bond motifs is 1. The molecule has 4 rings (SSSR count). The number of nitrogens with zero attached hydrogens (tertiary/aromatic N) is 4. The van der Waals surface area contributed by atoms with Crippen LogP contribution >= 0.6 is 0 Å². The summed E-state index contributed by atoms with van der Waals surface area (Å²) in [5, 5.41) is 4.96. The van der Waals surface area contributed by atoms with Crippen molar-refractivity contribution in [2.75, 3.05) is 39.8 Å².